The highest BCUT2D eigenvalue weighted by Gasteiger charge is 2.24. The summed E-state index contributed by atoms with van der Waals surface area (Å²) in [5, 5.41) is 0. The standard InChI is InChI=1S/C25H27N3O5S/c1-32-22-5-2-4-19(16-22)17-28(18-23-6-3-15-33-23)25(29)20-7-9-24(10-8-20)34(30,31)27-21-11-13-26-14-12-21/h2,4-5,7-14,16,23H,3,6,15,17-18H2,1H3,(H,26,27). The van der Waals surface area contributed by atoms with E-state index in [9.17, 15) is 13.2 Å². The molecule has 1 atom stereocenters. The summed E-state index contributed by atoms with van der Waals surface area (Å²) >= 11 is 0. The highest BCUT2D eigenvalue weighted by molar-refractivity contribution is 7.92. The molecule has 1 aliphatic heterocycles. The number of hydrogen-bond donors (Lipinski definition) is 1. The van der Waals surface area contributed by atoms with Gasteiger partial charge in [-0.2, -0.15) is 0 Å². The number of nitrogens with zero attached hydrogens (tertiary/aromatic N) is 2. The van der Waals surface area contributed by atoms with Gasteiger partial charge in [-0.1, -0.05) is 12.1 Å². The molecule has 1 amide bonds. The third-order valence-electron chi connectivity index (χ3n) is 5.59. The lowest BCUT2D eigenvalue weighted by atomic mass is 10.1. The fourth-order valence-electron chi connectivity index (χ4n) is 3.84. The molecular formula is C25H27N3O5S. The topological polar surface area (TPSA) is 97.8 Å². The molecule has 0 radical (unpaired) electrons. The highest BCUT2D eigenvalue weighted by atomic mass is 32.2. The monoisotopic (exact) mass is 481 g/mol. The second kappa shape index (κ2) is 10.7. The predicted octanol–water partition coefficient (Wildman–Crippen LogP) is 3.71. The van der Waals surface area contributed by atoms with E-state index in [0.717, 1.165) is 24.2 Å². The molecule has 8 nitrogen and oxygen atoms in total. The molecule has 1 unspecified atom stereocenters. The van der Waals surface area contributed by atoms with Crippen molar-refractivity contribution in [1.82, 2.24) is 9.88 Å². The molecule has 1 N–H and O–H groups in total. The number of benzene rings is 2. The first-order valence-corrected chi connectivity index (χ1v) is 12.5. The van der Waals surface area contributed by atoms with E-state index in [1.54, 1.807) is 24.1 Å². The molecule has 0 saturated carbocycles. The summed E-state index contributed by atoms with van der Waals surface area (Å²) in [6, 6.07) is 16.7. The van der Waals surface area contributed by atoms with Crippen LogP contribution >= 0.6 is 0 Å². The maximum absolute atomic E-state index is 13.4. The molecule has 0 aliphatic carbocycles. The van der Waals surface area contributed by atoms with Gasteiger partial charge >= 0.3 is 0 Å². The summed E-state index contributed by atoms with van der Waals surface area (Å²) in [4.78, 5) is 19.1. The fraction of sp³-hybridized carbons (Fsp3) is 0.280. The summed E-state index contributed by atoms with van der Waals surface area (Å²) in [5.74, 6) is 0.530. The van der Waals surface area contributed by atoms with E-state index in [2.05, 4.69) is 9.71 Å². The average Bonchev–Trinajstić information content (AvgIpc) is 3.37. The number of nitrogens with one attached hydrogen (secondary N) is 1. The normalized spacial score (nSPS) is 15.6. The number of pyridine rings is 1. The number of hydrogen-bond acceptors (Lipinski definition) is 6. The molecule has 9 heteroatoms. The van der Waals surface area contributed by atoms with Gasteiger partial charge in [0.15, 0.2) is 0 Å². The number of aromatic nitrogens is 1. The number of ether oxygens (including phenoxy) is 2. The van der Waals surface area contributed by atoms with Crippen LogP contribution < -0.4 is 9.46 Å². The van der Waals surface area contributed by atoms with Crippen molar-refractivity contribution in [2.24, 2.45) is 0 Å². The van der Waals surface area contributed by atoms with Crippen molar-refractivity contribution in [2.45, 2.75) is 30.4 Å². The minimum absolute atomic E-state index is 0.0150. The third kappa shape index (κ3) is 5.92. The Bertz CT molecular complexity index is 1210. The number of carbonyl (C=O) groups excluding carboxylic acids is 1. The fourth-order valence-corrected chi connectivity index (χ4v) is 4.90. The first-order chi connectivity index (χ1) is 16.4. The van der Waals surface area contributed by atoms with Crippen LogP contribution in [0.2, 0.25) is 0 Å². The van der Waals surface area contributed by atoms with Crippen molar-refractivity contribution in [3.05, 3.63) is 84.2 Å². The van der Waals surface area contributed by atoms with Gasteiger partial charge in [-0.05, 0) is 66.9 Å². The number of amides is 1. The molecule has 1 aromatic heterocycles. The minimum Gasteiger partial charge on any atom is -0.497 e. The Morgan fingerprint density at radius 2 is 1.91 bits per heavy atom. The zero-order valence-corrected chi connectivity index (χ0v) is 19.7. The zero-order chi connectivity index (χ0) is 24.0. The van der Waals surface area contributed by atoms with Gasteiger partial charge in [0.05, 0.1) is 23.8 Å². The summed E-state index contributed by atoms with van der Waals surface area (Å²) in [6.45, 7) is 1.54. The number of carbonyl (C=O) groups is 1. The van der Waals surface area contributed by atoms with Gasteiger partial charge in [0.2, 0.25) is 0 Å². The Balaban J connectivity index is 1.53. The molecular weight excluding hydrogens is 454 g/mol. The number of sulfonamides is 1. The second-order valence-corrected chi connectivity index (χ2v) is 9.72. The van der Waals surface area contributed by atoms with Crippen LogP contribution in [0.15, 0.2) is 78.0 Å². The van der Waals surface area contributed by atoms with Crippen LogP contribution in [0, 0.1) is 0 Å². The van der Waals surface area contributed by atoms with Crippen molar-refractivity contribution in [3.63, 3.8) is 0 Å². The van der Waals surface area contributed by atoms with E-state index in [1.165, 1.54) is 36.7 Å². The molecule has 1 aliphatic rings. The summed E-state index contributed by atoms with van der Waals surface area (Å²) < 4.78 is 39.0. The van der Waals surface area contributed by atoms with Crippen molar-refractivity contribution in [2.75, 3.05) is 25.0 Å². The summed E-state index contributed by atoms with van der Waals surface area (Å²) in [7, 11) is -2.18. The first kappa shape index (κ1) is 23.7. The van der Waals surface area contributed by atoms with Crippen molar-refractivity contribution in [1.29, 1.82) is 0 Å². The quantitative estimate of drug-likeness (QED) is 0.500. The summed E-state index contributed by atoms with van der Waals surface area (Å²) in [5.41, 5.74) is 1.76. The van der Waals surface area contributed by atoms with Crippen LogP contribution in [0.3, 0.4) is 0 Å². The van der Waals surface area contributed by atoms with E-state index in [4.69, 9.17) is 9.47 Å². The van der Waals surface area contributed by atoms with Gasteiger partial charge in [-0.3, -0.25) is 14.5 Å². The molecule has 0 spiro atoms. The Kier molecular flexibility index (Phi) is 7.44. The predicted molar refractivity (Wildman–Crippen MR) is 128 cm³/mol. The molecule has 34 heavy (non-hydrogen) atoms. The van der Waals surface area contributed by atoms with E-state index in [0.29, 0.717) is 30.9 Å². The average molecular weight is 482 g/mol. The second-order valence-electron chi connectivity index (χ2n) is 8.04. The smallest absolute Gasteiger partial charge is 0.261 e. The first-order valence-electron chi connectivity index (χ1n) is 11.0. The van der Waals surface area contributed by atoms with Crippen molar-refractivity contribution < 1.29 is 22.7 Å². The SMILES string of the molecule is COc1cccc(CN(CC2CCCO2)C(=O)c2ccc(S(=O)(=O)Nc3ccncc3)cc2)c1. The molecule has 2 aromatic carbocycles. The Morgan fingerprint density at radius 3 is 2.59 bits per heavy atom. The molecule has 1 saturated heterocycles. The minimum atomic E-state index is -3.79. The molecule has 3 aromatic rings. The largest absolute Gasteiger partial charge is 0.497 e. The van der Waals surface area contributed by atoms with Gasteiger partial charge in [0.25, 0.3) is 15.9 Å². The van der Waals surface area contributed by atoms with Gasteiger partial charge in [-0.25, -0.2) is 8.42 Å². The van der Waals surface area contributed by atoms with Crippen molar-refractivity contribution in [3.8, 4) is 5.75 Å². The van der Waals surface area contributed by atoms with Crippen molar-refractivity contribution >= 4 is 21.6 Å². The number of methoxy groups -OCH3 is 1. The molecule has 0 bridgehead atoms. The van der Waals surface area contributed by atoms with Crippen LogP contribution in [-0.4, -0.2) is 50.6 Å². The maximum Gasteiger partial charge on any atom is 0.261 e. The number of anilines is 1. The van der Waals surface area contributed by atoms with Gasteiger partial charge < -0.3 is 14.4 Å². The van der Waals surface area contributed by atoms with Crippen LogP contribution in [-0.2, 0) is 21.3 Å². The molecule has 1 fully saturated rings. The maximum atomic E-state index is 13.4. The Hall–Kier alpha value is -3.43. The van der Waals surface area contributed by atoms with E-state index in [1.807, 2.05) is 24.3 Å². The lowest BCUT2D eigenvalue weighted by molar-refractivity contribution is 0.0507. The van der Waals surface area contributed by atoms with Gasteiger partial charge in [0.1, 0.15) is 5.75 Å². The van der Waals surface area contributed by atoms with Gasteiger partial charge in [-0.15, -0.1) is 0 Å². The molecule has 4 rings (SSSR count). The lowest BCUT2D eigenvalue weighted by Gasteiger charge is -2.26. The highest BCUT2D eigenvalue weighted by Crippen LogP contribution is 2.21. The Morgan fingerprint density at radius 1 is 1.15 bits per heavy atom. The third-order valence-corrected chi connectivity index (χ3v) is 6.98. The van der Waals surface area contributed by atoms with Crippen LogP contribution in [0.25, 0.3) is 0 Å². The molecule has 2 heterocycles. The lowest BCUT2D eigenvalue weighted by Crippen LogP contribution is -2.37. The summed E-state index contributed by atoms with van der Waals surface area (Å²) in [6.07, 6.45) is 4.87. The van der Waals surface area contributed by atoms with Gasteiger partial charge in [0, 0.05) is 37.7 Å². The molecule has 178 valence electrons. The van der Waals surface area contributed by atoms with Crippen LogP contribution in [0.4, 0.5) is 5.69 Å². The van der Waals surface area contributed by atoms with Crippen LogP contribution in [0.5, 0.6) is 5.75 Å². The Labute approximate surface area is 199 Å². The number of rotatable bonds is 9. The van der Waals surface area contributed by atoms with E-state index in [-0.39, 0.29) is 16.9 Å². The van der Waals surface area contributed by atoms with E-state index >= 15 is 0 Å². The van der Waals surface area contributed by atoms with Crippen LogP contribution in [0.1, 0.15) is 28.8 Å². The zero-order valence-electron chi connectivity index (χ0n) is 18.9. The van der Waals surface area contributed by atoms with E-state index < -0.39 is 10.0 Å².